The summed E-state index contributed by atoms with van der Waals surface area (Å²) in [5.41, 5.74) is 34.4. The number of aliphatic hydroxyl groups excluding tert-OH is 2. The van der Waals surface area contributed by atoms with Gasteiger partial charge in [-0.2, -0.15) is 25.3 Å². The predicted molar refractivity (Wildman–Crippen MR) is 420 cm³/mol. The maximum atomic E-state index is 14.5. The number of amides is 14. The minimum atomic E-state index is -1.97. The van der Waals surface area contributed by atoms with Gasteiger partial charge in [0.15, 0.2) is 11.9 Å². The number of carboxylic acid groups (broad SMARTS) is 1. The Bertz CT molecular complexity index is 3530. The van der Waals surface area contributed by atoms with Crippen LogP contribution < -0.4 is 109 Å². The number of nitrogens with two attached hydrogens (primary N) is 6. The summed E-state index contributed by atoms with van der Waals surface area (Å²) in [5.74, 6) is -17.8. The Morgan fingerprint density at radius 1 is 0.434 bits per heavy atom. The number of carbonyl (C=O) groups is 16. The molecule has 0 aliphatic carbocycles. The quantitative estimate of drug-likeness (QED) is 0.00961. The number of nitrogens with one attached hydrogen (secondary N) is 14. The molecule has 29 N–H and O–H groups in total. The number of aliphatic carboxylic acids is 1. The number of nitrogens with zero attached hydrogens (tertiary/aromatic N) is 2. The van der Waals surface area contributed by atoms with Gasteiger partial charge in [0, 0.05) is 37.4 Å². The number of carbonyl (C=O) groups excluding carboxylic acids is 15. The largest absolute Gasteiger partial charge is 0.481 e. The Labute approximate surface area is 664 Å². The zero-order valence-electron chi connectivity index (χ0n) is 63.6. The molecule has 2 rings (SSSR count). The van der Waals surface area contributed by atoms with Crippen LogP contribution in [0.2, 0.25) is 0 Å². The number of thiol groups is 2. The molecular weight excluding hydrogens is 1520 g/mol. The molecule has 14 atom stereocenters. The van der Waals surface area contributed by atoms with E-state index in [1.54, 1.807) is 81.4 Å². The molecule has 0 fully saturated rings. The molecule has 2 aromatic rings. The van der Waals surface area contributed by atoms with E-state index in [9.17, 15) is 86.9 Å². The molecule has 0 radical (unpaired) electrons. The SMILES string of the molecule is CC[C@H](C)[C@H](NC(=O)[C@H](CCCN=C(N)N)NC(=O)CNC(=O)CNC(=O)[C@H](Cc1ccccc1)NC(=O)CNC(=O)[C@H](CS)NC(=O)[C@H](CO)NC(=O)[C@@H](N)CO)C(=O)N[C@@H](CC(=O)O)C(=O)N[C@@H](CCCN=C(N)N)C(=O)N[C@H](C(=O)N[C@@H](CS)C(=O)N[C@@H](Cc1ccccc1)C(=O)N[C@H](C=O)CCCCN)[C@@H](C)CC. The second-order valence-corrected chi connectivity index (χ2v) is 27.0. The number of carboxylic acids is 1. The zero-order valence-corrected chi connectivity index (χ0v) is 65.4. The zero-order chi connectivity index (χ0) is 84.7. The number of benzene rings is 2. The van der Waals surface area contributed by atoms with Crippen LogP contribution in [0.15, 0.2) is 70.6 Å². The highest BCUT2D eigenvalue weighted by molar-refractivity contribution is 7.80. The van der Waals surface area contributed by atoms with E-state index in [-0.39, 0.29) is 94.3 Å². The molecular formula is C70H112N22O19S2. The lowest BCUT2D eigenvalue weighted by atomic mass is 9.96. The van der Waals surface area contributed by atoms with Crippen molar-refractivity contribution >= 4 is 132 Å². The normalized spacial score (nSPS) is 14.6. The fourth-order valence-corrected chi connectivity index (χ4v) is 11.0. The highest BCUT2D eigenvalue weighted by atomic mass is 32.1. The molecule has 2 aromatic carbocycles. The lowest BCUT2D eigenvalue weighted by molar-refractivity contribution is -0.142. The van der Waals surface area contributed by atoms with Crippen molar-refractivity contribution in [2.75, 3.05) is 64.0 Å². The van der Waals surface area contributed by atoms with Crippen molar-refractivity contribution in [1.29, 1.82) is 0 Å². The maximum absolute atomic E-state index is 14.5. The van der Waals surface area contributed by atoms with Gasteiger partial charge in [-0.25, -0.2) is 0 Å². The minimum Gasteiger partial charge on any atom is -0.481 e. The fraction of sp³-hybridized carbons (Fsp3) is 0.571. The minimum absolute atomic E-state index is 0.00554. The summed E-state index contributed by atoms with van der Waals surface area (Å²) in [6.45, 7) is 2.67. The number of rotatable bonds is 55. The van der Waals surface area contributed by atoms with Crippen LogP contribution in [0.1, 0.15) is 103 Å². The third-order valence-electron chi connectivity index (χ3n) is 17.4. The molecule has 14 amide bonds. The molecule has 113 heavy (non-hydrogen) atoms. The summed E-state index contributed by atoms with van der Waals surface area (Å²) in [5, 5.41) is 63.1. The van der Waals surface area contributed by atoms with E-state index < -0.39 is 212 Å². The monoisotopic (exact) mass is 1630 g/mol. The first-order valence-electron chi connectivity index (χ1n) is 36.6. The van der Waals surface area contributed by atoms with Gasteiger partial charge in [-0.1, -0.05) is 101 Å². The molecule has 0 aliphatic rings. The summed E-state index contributed by atoms with van der Waals surface area (Å²) >= 11 is 8.38. The molecule has 0 heterocycles. The summed E-state index contributed by atoms with van der Waals surface area (Å²) in [6.07, 6.45) is 0.730. The van der Waals surface area contributed by atoms with Crippen LogP contribution >= 0.6 is 25.3 Å². The lowest BCUT2D eigenvalue weighted by Gasteiger charge is -2.30. The number of aldehydes is 1. The van der Waals surface area contributed by atoms with Gasteiger partial charge in [0.1, 0.15) is 72.7 Å². The van der Waals surface area contributed by atoms with Gasteiger partial charge in [-0.15, -0.1) is 0 Å². The molecule has 0 aliphatic heterocycles. The number of aliphatic imine (C=N–C) groups is 2. The summed E-state index contributed by atoms with van der Waals surface area (Å²) in [6, 6.07) is -0.541. The first-order valence-corrected chi connectivity index (χ1v) is 37.8. The van der Waals surface area contributed by atoms with Gasteiger partial charge >= 0.3 is 5.97 Å². The van der Waals surface area contributed by atoms with Crippen LogP contribution in [0.25, 0.3) is 0 Å². The molecule has 0 spiro atoms. The van der Waals surface area contributed by atoms with Gasteiger partial charge in [-0.05, 0) is 74.5 Å². The van der Waals surface area contributed by atoms with E-state index in [2.05, 4.69) is 110 Å². The van der Waals surface area contributed by atoms with E-state index >= 15 is 0 Å². The van der Waals surface area contributed by atoms with Crippen LogP contribution in [0, 0.1) is 11.8 Å². The van der Waals surface area contributed by atoms with E-state index in [4.69, 9.17) is 39.5 Å². The number of guanidine groups is 2. The van der Waals surface area contributed by atoms with E-state index in [1.165, 1.54) is 6.92 Å². The average molecular weight is 1630 g/mol. The molecule has 0 aromatic heterocycles. The first kappa shape index (κ1) is 98.3. The maximum Gasteiger partial charge on any atom is 0.305 e. The van der Waals surface area contributed by atoms with Crippen molar-refractivity contribution in [1.82, 2.24) is 74.4 Å². The first-order chi connectivity index (χ1) is 53.7. The van der Waals surface area contributed by atoms with Crippen molar-refractivity contribution in [2.45, 2.75) is 177 Å². The Balaban J connectivity index is 2.36. The molecule has 43 heteroatoms. The Morgan fingerprint density at radius 3 is 1.27 bits per heavy atom. The third-order valence-corrected chi connectivity index (χ3v) is 18.1. The van der Waals surface area contributed by atoms with Crippen LogP contribution in [-0.4, -0.2) is 259 Å². The Kier molecular flexibility index (Phi) is 47.0. The van der Waals surface area contributed by atoms with Crippen molar-refractivity contribution in [2.24, 2.45) is 56.2 Å². The van der Waals surface area contributed by atoms with E-state index in [1.807, 2.05) is 0 Å². The molecule has 41 nitrogen and oxygen atoms in total. The molecule has 0 saturated heterocycles. The van der Waals surface area contributed by atoms with Gasteiger partial charge < -0.3 is 129 Å². The highest BCUT2D eigenvalue weighted by Gasteiger charge is 2.38. The van der Waals surface area contributed by atoms with E-state index in [0.29, 0.717) is 36.8 Å². The van der Waals surface area contributed by atoms with Crippen LogP contribution in [0.3, 0.4) is 0 Å². The Morgan fingerprint density at radius 2 is 0.814 bits per heavy atom. The number of hydrogen-bond donors (Lipinski definition) is 25. The average Bonchev–Trinajstić information content (AvgIpc) is 0.852. The smallest absolute Gasteiger partial charge is 0.305 e. The molecule has 0 unspecified atom stereocenters. The van der Waals surface area contributed by atoms with Gasteiger partial charge in [0.2, 0.25) is 82.7 Å². The third kappa shape index (κ3) is 38.4. The topological polar surface area (TPSA) is 683 Å². The van der Waals surface area contributed by atoms with Gasteiger partial charge in [-0.3, -0.25) is 81.9 Å². The second-order valence-electron chi connectivity index (χ2n) is 26.3. The van der Waals surface area contributed by atoms with Gasteiger partial charge in [0.05, 0.1) is 45.3 Å². The number of hydrogen-bond acceptors (Lipinski definition) is 24. The number of aliphatic hydroxyl groups is 2. The lowest BCUT2D eigenvalue weighted by Crippen LogP contribution is -2.62. The van der Waals surface area contributed by atoms with Crippen molar-refractivity contribution in [3.05, 3.63) is 71.8 Å². The number of unbranched alkanes of at least 4 members (excludes halogenated alkanes) is 1. The van der Waals surface area contributed by atoms with Crippen molar-refractivity contribution < 1.29 is 92.0 Å². The molecule has 628 valence electrons. The fourth-order valence-electron chi connectivity index (χ4n) is 10.5. The van der Waals surface area contributed by atoms with Crippen molar-refractivity contribution in [3.63, 3.8) is 0 Å². The van der Waals surface area contributed by atoms with E-state index in [0.717, 1.165) is 0 Å². The van der Waals surface area contributed by atoms with Crippen molar-refractivity contribution in [3.8, 4) is 0 Å². The van der Waals surface area contributed by atoms with Crippen LogP contribution in [-0.2, 0) is 89.6 Å². The summed E-state index contributed by atoms with van der Waals surface area (Å²) in [7, 11) is 0. The standard InChI is InChI=1S/C70H112N22O19S2/c1-5-38(3)56(91-61(104)44(22-15-25-77-69(73)74)83-53(97)31-79-52(96)30-80-59(102)46(27-40-17-9-7-10-18-40)84-54(98)32-81-60(103)50(36-112)89-65(108)49(35-95)88-58(101)43(72)34-94)67(110)87-48(29-55(99)100)64(107)85-45(23-16-26-78-70(75)76)62(105)92-57(39(4)6-2)68(111)90-51(37-113)66(109)86-47(28-41-19-11-8-12-20-41)63(106)82-42(33-93)21-13-14-24-71/h7-12,17-20,33,38-39,42-51,56-57,94-95,112-113H,5-6,13-16,21-32,34-37,71-72H2,1-4H3,(H,79,96)(H,80,102)(H,81,103)(H,82,106)(H,83,97)(H,84,98)(H,85,107)(H,86,109)(H,87,110)(H,88,101)(H,89,108)(H,90,111)(H,91,104)(H,92,105)(H,99,100)(H4,73,74,77)(H4,75,76,78)/t38-,39-,42-,43-,44-,45-,46-,47-,48-,49-,50-,51-,56-,57-/m0/s1. The predicted octanol–water partition coefficient (Wildman–Crippen LogP) is -8.67. The molecule has 0 bridgehead atoms. The van der Waals surface area contributed by atoms with Crippen LogP contribution in [0.5, 0.6) is 0 Å². The Hall–Kier alpha value is -10.8. The summed E-state index contributed by atoms with van der Waals surface area (Å²) in [4.78, 5) is 224. The molecule has 0 saturated carbocycles. The highest BCUT2D eigenvalue weighted by Crippen LogP contribution is 2.15. The second kappa shape index (κ2) is 54.0. The van der Waals surface area contributed by atoms with Gasteiger partial charge in [0.25, 0.3) is 0 Å². The summed E-state index contributed by atoms with van der Waals surface area (Å²) < 4.78 is 0. The van der Waals surface area contributed by atoms with Crippen LogP contribution in [0.4, 0.5) is 0 Å².